The van der Waals surface area contributed by atoms with Crippen LogP contribution in [0.2, 0.25) is 0 Å². The van der Waals surface area contributed by atoms with Crippen LogP contribution in [0.3, 0.4) is 0 Å². The minimum absolute atomic E-state index is 0.154. The molecular formula is C23H27N3O5. The van der Waals surface area contributed by atoms with Crippen LogP contribution in [0.1, 0.15) is 0 Å². The second-order valence-corrected chi connectivity index (χ2v) is 7.38. The van der Waals surface area contributed by atoms with Gasteiger partial charge in [-0.1, -0.05) is 0 Å². The summed E-state index contributed by atoms with van der Waals surface area (Å²) in [5, 5.41) is 11.2. The molecular weight excluding hydrogens is 398 g/mol. The highest BCUT2D eigenvalue weighted by Crippen LogP contribution is 2.37. The van der Waals surface area contributed by atoms with Crippen molar-refractivity contribution in [3.63, 3.8) is 0 Å². The molecule has 0 radical (unpaired) electrons. The second kappa shape index (κ2) is 9.82. The third kappa shape index (κ3) is 5.35. The van der Waals surface area contributed by atoms with Crippen molar-refractivity contribution in [2.24, 2.45) is 0 Å². The molecule has 1 unspecified atom stereocenters. The Morgan fingerprint density at radius 2 is 1.87 bits per heavy atom. The Morgan fingerprint density at radius 3 is 2.61 bits per heavy atom. The number of nitrogen functional groups attached to an aromatic ring is 1. The fraction of sp³-hybridized carbons (Fsp3) is 0.348. The average Bonchev–Trinajstić information content (AvgIpc) is 2.79. The largest absolute Gasteiger partial charge is 0.493 e. The highest BCUT2D eigenvalue weighted by Gasteiger charge is 2.17. The molecule has 1 aromatic heterocycles. The molecule has 0 amide bonds. The van der Waals surface area contributed by atoms with Gasteiger partial charge < -0.3 is 29.8 Å². The molecule has 1 aliphatic rings. The lowest BCUT2D eigenvalue weighted by atomic mass is 10.1. The summed E-state index contributed by atoms with van der Waals surface area (Å²) in [5.41, 5.74) is 7.12. The lowest BCUT2D eigenvalue weighted by Gasteiger charge is -2.28. The number of nitrogens with zero attached hydrogens (tertiary/aromatic N) is 2. The van der Waals surface area contributed by atoms with E-state index in [1.807, 2.05) is 18.2 Å². The molecule has 8 heteroatoms. The second-order valence-electron chi connectivity index (χ2n) is 7.38. The summed E-state index contributed by atoms with van der Waals surface area (Å²) in [5.74, 6) is 2.38. The van der Waals surface area contributed by atoms with Gasteiger partial charge in [-0.15, -0.1) is 0 Å². The van der Waals surface area contributed by atoms with Crippen LogP contribution in [-0.2, 0) is 4.74 Å². The third-order valence-electron chi connectivity index (χ3n) is 5.10. The smallest absolute Gasteiger partial charge is 0.163 e. The predicted octanol–water partition coefficient (Wildman–Crippen LogP) is 2.69. The van der Waals surface area contributed by atoms with E-state index in [0.717, 1.165) is 18.5 Å². The number of aliphatic hydroxyl groups is 1. The summed E-state index contributed by atoms with van der Waals surface area (Å²) in [6.45, 7) is 3.71. The summed E-state index contributed by atoms with van der Waals surface area (Å²) in [4.78, 5) is 6.60. The number of aromatic nitrogens is 1. The molecule has 4 rings (SSSR count). The van der Waals surface area contributed by atoms with Crippen molar-refractivity contribution >= 4 is 16.6 Å². The van der Waals surface area contributed by atoms with Gasteiger partial charge in [0, 0.05) is 43.0 Å². The summed E-state index contributed by atoms with van der Waals surface area (Å²) in [6.07, 6.45) is 1.06. The van der Waals surface area contributed by atoms with Crippen LogP contribution in [0.5, 0.6) is 23.0 Å². The number of fused-ring (bicyclic) bond motifs is 1. The van der Waals surface area contributed by atoms with Gasteiger partial charge in [-0.05, 0) is 36.4 Å². The first-order chi connectivity index (χ1) is 15.1. The molecule has 0 spiro atoms. The molecule has 0 aliphatic carbocycles. The van der Waals surface area contributed by atoms with E-state index in [9.17, 15) is 5.11 Å². The maximum absolute atomic E-state index is 10.4. The monoisotopic (exact) mass is 425 g/mol. The zero-order valence-electron chi connectivity index (χ0n) is 17.5. The van der Waals surface area contributed by atoms with Crippen LogP contribution in [-0.4, -0.2) is 67.7 Å². The van der Waals surface area contributed by atoms with Crippen molar-refractivity contribution in [3.8, 4) is 23.0 Å². The van der Waals surface area contributed by atoms with Crippen LogP contribution in [0.4, 0.5) is 5.69 Å². The normalized spacial score (nSPS) is 15.5. The Morgan fingerprint density at radius 1 is 1.10 bits per heavy atom. The van der Waals surface area contributed by atoms with Crippen molar-refractivity contribution in [3.05, 3.63) is 48.7 Å². The van der Waals surface area contributed by atoms with Crippen molar-refractivity contribution in [2.45, 2.75) is 6.10 Å². The number of nitrogens with two attached hydrogens (primary N) is 1. The molecule has 0 saturated carbocycles. The maximum Gasteiger partial charge on any atom is 0.163 e. The topological polar surface area (TPSA) is 99.3 Å². The number of ether oxygens (including phenoxy) is 4. The fourth-order valence-electron chi connectivity index (χ4n) is 3.47. The molecule has 2 heterocycles. The highest BCUT2D eigenvalue weighted by atomic mass is 16.5. The molecule has 1 atom stereocenters. The first-order valence-corrected chi connectivity index (χ1v) is 10.2. The summed E-state index contributed by atoms with van der Waals surface area (Å²) in [6, 6.07) is 12.6. The third-order valence-corrected chi connectivity index (χ3v) is 5.10. The van der Waals surface area contributed by atoms with Gasteiger partial charge in [-0.2, -0.15) is 0 Å². The van der Waals surface area contributed by atoms with Crippen molar-refractivity contribution in [1.29, 1.82) is 0 Å². The van der Waals surface area contributed by atoms with Crippen LogP contribution >= 0.6 is 0 Å². The Kier molecular flexibility index (Phi) is 6.71. The predicted molar refractivity (Wildman–Crippen MR) is 118 cm³/mol. The quantitative estimate of drug-likeness (QED) is 0.532. The fourth-order valence-corrected chi connectivity index (χ4v) is 3.47. The van der Waals surface area contributed by atoms with Crippen LogP contribution < -0.4 is 19.9 Å². The molecule has 3 aromatic rings. The molecule has 8 nitrogen and oxygen atoms in total. The number of benzene rings is 2. The maximum atomic E-state index is 10.4. The number of morpholine rings is 1. The lowest BCUT2D eigenvalue weighted by molar-refractivity contribution is 0.00446. The number of rotatable bonds is 8. The molecule has 1 aliphatic heterocycles. The first kappa shape index (κ1) is 21.2. The number of hydrogen-bond donors (Lipinski definition) is 2. The van der Waals surface area contributed by atoms with E-state index in [2.05, 4.69) is 9.88 Å². The lowest BCUT2D eigenvalue weighted by Crippen LogP contribution is -2.42. The molecule has 164 valence electrons. The first-order valence-electron chi connectivity index (χ1n) is 10.2. The van der Waals surface area contributed by atoms with E-state index in [0.29, 0.717) is 54.0 Å². The Bertz CT molecular complexity index is 1010. The van der Waals surface area contributed by atoms with Crippen LogP contribution in [0, 0.1) is 0 Å². The van der Waals surface area contributed by atoms with E-state index >= 15 is 0 Å². The van der Waals surface area contributed by atoms with Gasteiger partial charge in [0.15, 0.2) is 11.5 Å². The van der Waals surface area contributed by atoms with Gasteiger partial charge in [0.1, 0.15) is 24.2 Å². The standard InChI is InChI=1S/C23H27N3O5/c1-28-22-12-19-20(25-7-6-21(19)31-18-4-2-16(24)3-5-18)13-23(22)30-15-17(27)14-26-8-10-29-11-9-26/h2-7,12-13,17,27H,8-11,14-15,24H2,1H3. The molecule has 2 aromatic carbocycles. The van der Waals surface area contributed by atoms with Gasteiger partial charge in [-0.25, -0.2) is 0 Å². The number of β-amino-alcohol motifs (C(OH)–C–C–N with tert-alkyl or cyclic N) is 1. The molecule has 1 saturated heterocycles. The number of aliphatic hydroxyl groups excluding tert-OH is 1. The van der Waals surface area contributed by atoms with Crippen LogP contribution in [0.15, 0.2) is 48.7 Å². The Labute approximate surface area is 181 Å². The van der Waals surface area contributed by atoms with Gasteiger partial charge in [0.2, 0.25) is 0 Å². The van der Waals surface area contributed by atoms with E-state index in [1.165, 1.54) is 0 Å². The SMILES string of the molecule is COc1cc2c(Oc3ccc(N)cc3)ccnc2cc1OCC(O)CN1CCOCC1. The molecule has 0 bridgehead atoms. The van der Waals surface area contributed by atoms with Gasteiger partial charge >= 0.3 is 0 Å². The highest BCUT2D eigenvalue weighted by molar-refractivity contribution is 5.88. The number of hydrogen-bond acceptors (Lipinski definition) is 8. The Balaban J connectivity index is 1.49. The molecule has 1 fully saturated rings. The Hall–Kier alpha value is -3.07. The minimum Gasteiger partial charge on any atom is -0.493 e. The zero-order chi connectivity index (χ0) is 21.6. The zero-order valence-corrected chi connectivity index (χ0v) is 17.5. The number of pyridine rings is 1. The van der Waals surface area contributed by atoms with Crippen LogP contribution in [0.25, 0.3) is 10.9 Å². The van der Waals surface area contributed by atoms with E-state index in [1.54, 1.807) is 37.6 Å². The van der Waals surface area contributed by atoms with E-state index < -0.39 is 6.10 Å². The van der Waals surface area contributed by atoms with E-state index in [4.69, 9.17) is 24.7 Å². The van der Waals surface area contributed by atoms with Gasteiger partial charge in [0.05, 0.1) is 25.8 Å². The van der Waals surface area contributed by atoms with Crippen molar-refractivity contribution in [2.75, 3.05) is 52.3 Å². The number of methoxy groups -OCH3 is 1. The summed E-state index contributed by atoms with van der Waals surface area (Å²) in [7, 11) is 1.58. The average molecular weight is 425 g/mol. The van der Waals surface area contributed by atoms with Gasteiger partial charge in [-0.3, -0.25) is 9.88 Å². The minimum atomic E-state index is -0.619. The van der Waals surface area contributed by atoms with Crippen molar-refractivity contribution < 1.29 is 24.1 Å². The van der Waals surface area contributed by atoms with Gasteiger partial charge in [0.25, 0.3) is 0 Å². The molecule has 31 heavy (non-hydrogen) atoms. The summed E-state index contributed by atoms with van der Waals surface area (Å²) >= 11 is 0. The molecule has 3 N–H and O–H groups in total. The summed E-state index contributed by atoms with van der Waals surface area (Å²) < 4.78 is 22.8. The van der Waals surface area contributed by atoms with E-state index in [-0.39, 0.29) is 6.61 Å². The number of anilines is 1. The van der Waals surface area contributed by atoms with Crippen molar-refractivity contribution in [1.82, 2.24) is 9.88 Å².